The number of fused-ring (bicyclic) bond motifs is 1. The number of para-hydroxylation sites is 1. The van der Waals surface area contributed by atoms with Crippen LogP contribution in [-0.4, -0.2) is 15.0 Å². The average molecular weight is 314 g/mol. The van der Waals surface area contributed by atoms with E-state index in [2.05, 4.69) is 11.3 Å². The lowest BCUT2D eigenvalue weighted by Gasteiger charge is -2.42. The van der Waals surface area contributed by atoms with Gasteiger partial charge >= 0.3 is 10.2 Å². The van der Waals surface area contributed by atoms with Crippen molar-refractivity contribution in [2.45, 2.75) is 12.5 Å². The molecule has 0 aromatic heterocycles. The van der Waals surface area contributed by atoms with Crippen LogP contribution in [0.25, 0.3) is 0 Å². The summed E-state index contributed by atoms with van der Waals surface area (Å²) in [7, 11) is -3.64. The molecule has 1 aliphatic heterocycles. The molecule has 1 atom stereocenters. The molecule has 0 saturated heterocycles. The van der Waals surface area contributed by atoms with Gasteiger partial charge in [-0.2, -0.15) is 13.1 Å². The van der Waals surface area contributed by atoms with E-state index in [-0.39, 0.29) is 6.54 Å². The zero-order valence-electron chi connectivity index (χ0n) is 12.4. The van der Waals surface area contributed by atoms with Crippen LogP contribution < -0.4 is 9.03 Å². The van der Waals surface area contributed by atoms with Crippen LogP contribution in [0.4, 0.5) is 5.69 Å². The van der Waals surface area contributed by atoms with E-state index in [0.29, 0.717) is 5.69 Å². The number of nitrogens with zero attached hydrogens (tertiary/aromatic N) is 1. The second-order valence-electron chi connectivity index (χ2n) is 5.44. The van der Waals surface area contributed by atoms with Gasteiger partial charge < -0.3 is 0 Å². The highest BCUT2D eigenvalue weighted by Gasteiger charge is 2.43. The van der Waals surface area contributed by atoms with Gasteiger partial charge in [-0.3, -0.25) is 4.31 Å². The van der Waals surface area contributed by atoms with E-state index in [1.807, 2.05) is 61.5 Å². The summed E-state index contributed by atoms with van der Waals surface area (Å²) >= 11 is 0. The summed E-state index contributed by atoms with van der Waals surface area (Å²) in [5.74, 6) is 0. The van der Waals surface area contributed by atoms with Gasteiger partial charge in [0.05, 0.1) is 17.8 Å². The summed E-state index contributed by atoms with van der Waals surface area (Å²) in [6.45, 7) is 5.78. The van der Waals surface area contributed by atoms with Crippen LogP contribution in [0.3, 0.4) is 0 Å². The highest BCUT2D eigenvalue weighted by molar-refractivity contribution is 7.91. The monoisotopic (exact) mass is 314 g/mol. The van der Waals surface area contributed by atoms with Crippen molar-refractivity contribution in [1.82, 2.24) is 4.72 Å². The SMILES string of the molecule is C=CCN1c2ccccc2C(C)(c2ccccc2)NS1(=O)=O. The van der Waals surface area contributed by atoms with Crippen LogP contribution in [-0.2, 0) is 15.7 Å². The molecule has 0 amide bonds. The molecule has 1 heterocycles. The lowest BCUT2D eigenvalue weighted by atomic mass is 9.84. The first-order chi connectivity index (χ1) is 10.5. The average Bonchev–Trinajstić information content (AvgIpc) is 2.52. The highest BCUT2D eigenvalue weighted by atomic mass is 32.2. The largest absolute Gasteiger partial charge is 0.302 e. The molecule has 4 nitrogen and oxygen atoms in total. The van der Waals surface area contributed by atoms with Gasteiger partial charge in [0.2, 0.25) is 0 Å². The summed E-state index contributed by atoms with van der Waals surface area (Å²) in [6, 6.07) is 17.2. The third-order valence-electron chi connectivity index (χ3n) is 3.98. The van der Waals surface area contributed by atoms with E-state index in [9.17, 15) is 8.42 Å². The van der Waals surface area contributed by atoms with E-state index in [1.165, 1.54) is 4.31 Å². The number of rotatable bonds is 3. The molecule has 0 spiro atoms. The Kier molecular flexibility index (Phi) is 3.54. The van der Waals surface area contributed by atoms with Gasteiger partial charge in [0.1, 0.15) is 0 Å². The van der Waals surface area contributed by atoms with Crippen LogP contribution in [0, 0.1) is 0 Å². The Morgan fingerprint density at radius 3 is 2.45 bits per heavy atom. The van der Waals surface area contributed by atoms with Crippen molar-refractivity contribution < 1.29 is 8.42 Å². The van der Waals surface area contributed by atoms with Gasteiger partial charge in [-0.1, -0.05) is 54.6 Å². The minimum absolute atomic E-state index is 0.233. The van der Waals surface area contributed by atoms with E-state index in [1.54, 1.807) is 6.08 Å². The quantitative estimate of drug-likeness (QED) is 0.886. The molecule has 3 rings (SSSR count). The third-order valence-corrected chi connectivity index (χ3v) is 5.57. The van der Waals surface area contributed by atoms with Crippen LogP contribution in [0.15, 0.2) is 67.3 Å². The van der Waals surface area contributed by atoms with Crippen molar-refractivity contribution >= 4 is 15.9 Å². The number of nitrogens with one attached hydrogen (secondary N) is 1. The molecule has 0 aliphatic carbocycles. The van der Waals surface area contributed by atoms with Crippen molar-refractivity contribution in [2.24, 2.45) is 0 Å². The molecule has 0 radical (unpaired) electrons. The Hall–Kier alpha value is -2.11. The van der Waals surface area contributed by atoms with E-state index in [0.717, 1.165) is 11.1 Å². The molecule has 2 aromatic rings. The maximum Gasteiger partial charge on any atom is 0.302 e. The standard InChI is InChI=1S/C17H18N2O2S/c1-3-13-19-16-12-8-7-11-15(16)17(2,18-22(19,20)21)14-9-5-4-6-10-14/h3-12,18H,1,13H2,2H3. The normalized spacial score (nSPS) is 22.9. The lowest BCUT2D eigenvalue weighted by molar-refractivity contribution is 0.490. The van der Waals surface area contributed by atoms with Gasteiger partial charge in [0.15, 0.2) is 0 Å². The van der Waals surface area contributed by atoms with Gasteiger partial charge in [0, 0.05) is 5.56 Å². The van der Waals surface area contributed by atoms with Crippen LogP contribution in [0.2, 0.25) is 0 Å². The van der Waals surface area contributed by atoms with Crippen molar-refractivity contribution in [3.63, 3.8) is 0 Å². The predicted molar refractivity (Wildman–Crippen MR) is 88.9 cm³/mol. The van der Waals surface area contributed by atoms with Crippen molar-refractivity contribution in [2.75, 3.05) is 10.8 Å². The van der Waals surface area contributed by atoms with E-state index >= 15 is 0 Å². The Morgan fingerprint density at radius 2 is 1.77 bits per heavy atom. The Labute approximate surface area is 131 Å². The molecular formula is C17H18N2O2S. The van der Waals surface area contributed by atoms with Crippen LogP contribution >= 0.6 is 0 Å². The van der Waals surface area contributed by atoms with Crippen molar-refractivity contribution in [3.8, 4) is 0 Å². The smallest absolute Gasteiger partial charge is 0.254 e. The summed E-state index contributed by atoms with van der Waals surface area (Å²) in [5, 5.41) is 0. The topological polar surface area (TPSA) is 49.4 Å². The molecule has 22 heavy (non-hydrogen) atoms. The second kappa shape index (κ2) is 5.26. The van der Waals surface area contributed by atoms with Crippen molar-refractivity contribution in [3.05, 3.63) is 78.4 Å². The molecular weight excluding hydrogens is 296 g/mol. The molecule has 5 heteroatoms. The van der Waals surface area contributed by atoms with Gasteiger partial charge in [0.25, 0.3) is 0 Å². The van der Waals surface area contributed by atoms with Gasteiger partial charge in [-0.05, 0) is 18.6 Å². The number of hydrogen-bond donors (Lipinski definition) is 1. The molecule has 1 unspecified atom stereocenters. The van der Waals surface area contributed by atoms with Gasteiger partial charge in [-0.25, -0.2) is 0 Å². The minimum Gasteiger partial charge on any atom is -0.254 e. The molecule has 114 valence electrons. The fourth-order valence-corrected chi connectivity index (χ4v) is 4.48. The molecule has 0 fully saturated rings. The second-order valence-corrected chi connectivity index (χ2v) is 7.03. The zero-order chi connectivity index (χ0) is 15.8. The van der Waals surface area contributed by atoms with Gasteiger partial charge in [-0.15, -0.1) is 6.58 Å². The molecule has 1 N–H and O–H groups in total. The predicted octanol–water partition coefficient (Wildman–Crippen LogP) is 2.79. The highest BCUT2D eigenvalue weighted by Crippen LogP contribution is 2.41. The maximum absolute atomic E-state index is 12.7. The number of hydrogen-bond acceptors (Lipinski definition) is 2. The van der Waals surface area contributed by atoms with Crippen molar-refractivity contribution in [1.29, 1.82) is 0 Å². The van der Waals surface area contributed by atoms with E-state index in [4.69, 9.17) is 0 Å². The summed E-state index contributed by atoms with van der Waals surface area (Å²) in [5.41, 5.74) is 1.73. The third kappa shape index (κ3) is 2.23. The summed E-state index contributed by atoms with van der Waals surface area (Å²) < 4.78 is 29.6. The fraction of sp³-hybridized carbons (Fsp3) is 0.176. The lowest BCUT2D eigenvalue weighted by Crippen LogP contribution is -2.55. The summed E-state index contributed by atoms with van der Waals surface area (Å²) in [6.07, 6.45) is 1.58. The first-order valence-electron chi connectivity index (χ1n) is 7.06. The first-order valence-corrected chi connectivity index (χ1v) is 8.50. The number of benzene rings is 2. The van der Waals surface area contributed by atoms with E-state index < -0.39 is 15.7 Å². The Bertz CT molecular complexity index is 802. The molecule has 0 bridgehead atoms. The molecule has 1 aliphatic rings. The Morgan fingerprint density at radius 1 is 1.14 bits per heavy atom. The minimum atomic E-state index is -3.64. The maximum atomic E-state index is 12.7. The molecule has 2 aromatic carbocycles. The molecule has 0 saturated carbocycles. The Balaban J connectivity index is 2.27. The first kappa shape index (κ1) is 14.8. The zero-order valence-corrected chi connectivity index (χ0v) is 13.2. The fourth-order valence-electron chi connectivity index (χ4n) is 2.91. The van der Waals surface area contributed by atoms with Crippen LogP contribution in [0.5, 0.6) is 0 Å². The number of anilines is 1. The van der Waals surface area contributed by atoms with Crippen LogP contribution in [0.1, 0.15) is 18.1 Å². The summed E-state index contributed by atoms with van der Waals surface area (Å²) in [4.78, 5) is 0.